The van der Waals surface area contributed by atoms with Gasteiger partial charge >= 0.3 is 6.09 Å². The Hall–Kier alpha value is -2.61. The molecule has 0 radical (unpaired) electrons. The Balaban J connectivity index is 1.58. The van der Waals surface area contributed by atoms with Gasteiger partial charge in [0, 0.05) is 55.1 Å². The molecule has 0 bridgehead atoms. The minimum absolute atomic E-state index is 0.0846. The molecule has 5 heterocycles. The van der Waals surface area contributed by atoms with Gasteiger partial charge in [0.1, 0.15) is 17.0 Å². The Morgan fingerprint density at radius 2 is 2.10 bits per heavy atom. The fraction of sp³-hybridized carbons (Fsp3) is 0.609. The number of carbonyl (C=O) groups excluding carboxylic acids is 1. The molecule has 2 aromatic rings. The minimum Gasteiger partial charge on any atom is -0.481 e. The molecule has 31 heavy (non-hydrogen) atoms. The summed E-state index contributed by atoms with van der Waals surface area (Å²) in [5.74, 6) is 0.823. The summed E-state index contributed by atoms with van der Waals surface area (Å²) in [7, 11) is 1.43. The molecule has 8 heteroatoms. The van der Waals surface area contributed by atoms with E-state index in [1.165, 1.54) is 12.8 Å². The molecule has 5 rings (SSSR count). The maximum Gasteiger partial charge on any atom is 0.409 e. The first-order valence-corrected chi connectivity index (χ1v) is 11.1. The lowest BCUT2D eigenvalue weighted by Gasteiger charge is -2.44. The molecule has 1 amide bonds. The minimum atomic E-state index is -0.487. The van der Waals surface area contributed by atoms with Gasteiger partial charge in [-0.05, 0) is 46.2 Å². The van der Waals surface area contributed by atoms with E-state index in [0.29, 0.717) is 32.0 Å². The average molecular weight is 426 g/mol. The predicted molar refractivity (Wildman–Crippen MR) is 116 cm³/mol. The predicted octanol–water partition coefficient (Wildman–Crippen LogP) is 3.41. The zero-order valence-corrected chi connectivity index (χ0v) is 18.8. The van der Waals surface area contributed by atoms with Crippen LogP contribution in [-0.4, -0.2) is 58.0 Å². The van der Waals surface area contributed by atoms with Crippen LogP contribution < -0.4 is 10.1 Å². The molecule has 2 saturated heterocycles. The van der Waals surface area contributed by atoms with Gasteiger partial charge in [-0.25, -0.2) is 4.79 Å². The number of methoxy groups -OCH3 is 1. The van der Waals surface area contributed by atoms with E-state index < -0.39 is 5.60 Å². The van der Waals surface area contributed by atoms with Gasteiger partial charge in [-0.15, -0.1) is 0 Å². The first-order chi connectivity index (χ1) is 14.8. The van der Waals surface area contributed by atoms with E-state index in [1.54, 1.807) is 11.1 Å². The summed E-state index contributed by atoms with van der Waals surface area (Å²) in [5.41, 5.74) is 3.86. The van der Waals surface area contributed by atoms with Crippen LogP contribution in [0.1, 0.15) is 56.8 Å². The second-order valence-electron chi connectivity index (χ2n) is 9.64. The van der Waals surface area contributed by atoms with Gasteiger partial charge in [0.25, 0.3) is 0 Å². The number of pyridine rings is 1. The first-order valence-electron chi connectivity index (χ1n) is 11.1. The third kappa shape index (κ3) is 3.28. The monoisotopic (exact) mass is 425 g/mol. The van der Waals surface area contributed by atoms with Gasteiger partial charge in [-0.2, -0.15) is 5.10 Å². The number of aromatic nitrogens is 3. The van der Waals surface area contributed by atoms with Crippen molar-refractivity contribution >= 4 is 6.09 Å². The lowest BCUT2D eigenvalue weighted by atomic mass is 9.79. The molecule has 8 nitrogen and oxygen atoms in total. The van der Waals surface area contributed by atoms with Gasteiger partial charge in [0.2, 0.25) is 0 Å². The van der Waals surface area contributed by atoms with Crippen LogP contribution in [0.15, 0.2) is 18.5 Å². The van der Waals surface area contributed by atoms with Crippen LogP contribution in [0, 0.1) is 6.92 Å². The summed E-state index contributed by atoms with van der Waals surface area (Å²) in [4.78, 5) is 18.2. The molecule has 2 fully saturated rings. The highest BCUT2D eigenvalue weighted by atomic mass is 16.5. The number of nitrogens with zero attached hydrogens (tertiary/aromatic N) is 4. The normalized spacial score (nSPS) is 23.6. The number of ether oxygens (including phenoxy) is 2. The smallest absolute Gasteiger partial charge is 0.409 e. The van der Waals surface area contributed by atoms with E-state index in [-0.39, 0.29) is 11.6 Å². The van der Waals surface area contributed by atoms with E-state index in [2.05, 4.69) is 35.8 Å². The SMILES string of the molecule is COC(=O)N1CCC2(CC1)Oc1ccncc1-c1nn(C3CCNC(C)(C)C3)c(C)c12. The van der Waals surface area contributed by atoms with Gasteiger partial charge in [-0.3, -0.25) is 9.67 Å². The molecule has 166 valence electrons. The summed E-state index contributed by atoms with van der Waals surface area (Å²) in [6.07, 6.45) is 6.84. The Bertz CT molecular complexity index is 1010. The van der Waals surface area contributed by atoms with Crippen LogP contribution in [0.2, 0.25) is 0 Å². The van der Waals surface area contributed by atoms with Crippen molar-refractivity contribution in [1.82, 2.24) is 25.0 Å². The number of amides is 1. The lowest BCUT2D eigenvalue weighted by molar-refractivity contribution is -0.00363. The highest BCUT2D eigenvalue weighted by molar-refractivity contribution is 5.74. The summed E-state index contributed by atoms with van der Waals surface area (Å²) in [6, 6.07) is 2.27. The van der Waals surface area contributed by atoms with Crippen molar-refractivity contribution < 1.29 is 14.3 Å². The van der Waals surface area contributed by atoms with E-state index in [0.717, 1.165) is 42.0 Å². The second kappa shape index (κ2) is 7.22. The van der Waals surface area contributed by atoms with Crippen molar-refractivity contribution in [1.29, 1.82) is 0 Å². The van der Waals surface area contributed by atoms with E-state index in [1.807, 2.05) is 12.3 Å². The van der Waals surface area contributed by atoms with Crippen LogP contribution in [0.4, 0.5) is 4.79 Å². The quantitative estimate of drug-likeness (QED) is 0.754. The lowest BCUT2D eigenvalue weighted by Crippen LogP contribution is -2.49. The molecule has 1 N–H and O–H groups in total. The maximum atomic E-state index is 12.1. The number of likely N-dealkylation sites (tertiary alicyclic amines) is 1. The van der Waals surface area contributed by atoms with Crippen molar-refractivity contribution in [2.75, 3.05) is 26.7 Å². The summed E-state index contributed by atoms with van der Waals surface area (Å²) >= 11 is 0. The number of rotatable bonds is 1. The van der Waals surface area contributed by atoms with Crippen LogP contribution in [0.25, 0.3) is 11.3 Å². The van der Waals surface area contributed by atoms with Crippen molar-refractivity contribution in [3.8, 4) is 17.0 Å². The van der Waals surface area contributed by atoms with Crippen LogP contribution in [-0.2, 0) is 10.3 Å². The fourth-order valence-corrected chi connectivity index (χ4v) is 5.60. The highest BCUT2D eigenvalue weighted by Gasteiger charge is 2.48. The van der Waals surface area contributed by atoms with Crippen molar-refractivity contribution in [3.05, 3.63) is 29.7 Å². The van der Waals surface area contributed by atoms with Crippen LogP contribution >= 0.6 is 0 Å². The van der Waals surface area contributed by atoms with E-state index >= 15 is 0 Å². The number of nitrogens with one attached hydrogen (secondary N) is 1. The van der Waals surface area contributed by atoms with Crippen LogP contribution in [0.5, 0.6) is 5.75 Å². The molecule has 0 aliphatic carbocycles. The topological polar surface area (TPSA) is 81.5 Å². The number of fused-ring (bicyclic) bond motifs is 4. The van der Waals surface area contributed by atoms with Gasteiger partial charge in [0.05, 0.1) is 18.7 Å². The Morgan fingerprint density at radius 1 is 1.32 bits per heavy atom. The standard InChI is InChI=1S/C23H31N5O3/c1-15-19-20(26-28(15)16-5-10-25-22(2,3)13-16)17-14-24-9-6-18(17)31-23(19)7-11-27(12-8-23)21(29)30-4/h6,9,14,16,25H,5,7-8,10-13H2,1-4H3. The third-order valence-corrected chi connectivity index (χ3v) is 7.12. The van der Waals surface area contributed by atoms with Gasteiger partial charge in [0.15, 0.2) is 0 Å². The molecule has 0 saturated carbocycles. The molecule has 2 aromatic heterocycles. The van der Waals surface area contributed by atoms with E-state index in [9.17, 15) is 4.79 Å². The Morgan fingerprint density at radius 3 is 2.81 bits per heavy atom. The zero-order valence-electron chi connectivity index (χ0n) is 18.8. The van der Waals surface area contributed by atoms with Crippen molar-refractivity contribution in [2.24, 2.45) is 0 Å². The Kier molecular flexibility index (Phi) is 4.73. The molecule has 1 atom stereocenters. The molecule has 3 aliphatic heterocycles. The number of carbonyl (C=O) groups is 1. The summed E-state index contributed by atoms with van der Waals surface area (Å²) < 4.78 is 13.8. The average Bonchev–Trinajstić information content (AvgIpc) is 3.12. The number of hydrogen-bond donors (Lipinski definition) is 1. The van der Waals surface area contributed by atoms with Crippen molar-refractivity contribution in [2.45, 2.75) is 63.6 Å². The molecule has 0 aromatic carbocycles. The second-order valence-corrected chi connectivity index (χ2v) is 9.64. The highest BCUT2D eigenvalue weighted by Crippen LogP contribution is 2.51. The molecular formula is C23H31N5O3. The Labute approximate surface area is 182 Å². The third-order valence-electron chi connectivity index (χ3n) is 7.12. The molecular weight excluding hydrogens is 394 g/mol. The maximum absolute atomic E-state index is 12.1. The number of piperidine rings is 2. The fourth-order valence-electron chi connectivity index (χ4n) is 5.60. The van der Waals surface area contributed by atoms with E-state index in [4.69, 9.17) is 14.6 Å². The molecule has 1 unspecified atom stereocenters. The van der Waals surface area contributed by atoms with Crippen LogP contribution in [0.3, 0.4) is 0 Å². The summed E-state index contributed by atoms with van der Waals surface area (Å²) in [6.45, 7) is 8.85. The molecule has 1 spiro atoms. The summed E-state index contributed by atoms with van der Waals surface area (Å²) in [5, 5.41) is 8.77. The van der Waals surface area contributed by atoms with Gasteiger partial charge in [-0.1, -0.05) is 0 Å². The zero-order chi connectivity index (χ0) is 21.8. The van der Waals surface area contributed by atoms with Gasteiger partial charge < -0.3 is 19.7 Å². The molecule has 3 aliphatic rings. The largest absolute Gasteiger partial charge is 0.481 e. The first kappa shape index (κ1) is 20.3. The number of hydrogen-bond acceptors (Lipinski definition) is 6. The van der Waals surface area contributed by atoms with Crippen molar-refractivity contribution in [3.63, 3.8) is 0 Å².